The van der Waals surface area contributed by atoms with Crippen LogP contribution in [0, 0.1) is 11.3 Å². The predicted octanol–water partition coefficient (Wildman–Crippen LogP) is 1.80. The highest BCUT2D eigenvalue weighted by Crippen LogP contribution is 2.25. The van der Waals surface area contributed by atoms with E-state index in [1.54, 1.807) is 12.1 Å². The van der Waals surface area contributed by atoms with E-state index in [4.69, 9.17) is 5.26 Å². The molecule has 0 bridgehead atoms. The summed E-state index contributed by atoms with van der Waals surface area (Å²) in [7, 11) is 0. The Hall–Kier alpha value is -1.86. The third-order valence-corrected chi connectivity index (χ3v) is 4.70. The maximum absolute atomic E-state index is 12.6. The molecule has 3 rings (SSSR count). The first-order valence-corrected chi connectivity index (χ1v) is 7.70. The second kappa shape index (κ2) is 5.87. The summed E-state index contributed by atoms with van der Waals surface area (Å²) in [6.07, 6.45) is 2.91. The van der Waals surface area contributed by atoms with Gasteiger partial charge < -0.3 is 4.90 Å². The van der Waals surface area contributed by atoms with Gasteiger partial charge in [0.2, 0.25) is 5.91 Å². The Morgan fingerprint density at radius 2 is 2.10 bits per heavy atom. The molecule has 2 aliphatic rings. The van der Waals surface area contributed by atoms with Crippen LogP contribution in [0.25, 0.3) is 0 Å². The first kappa shape index (κ1) is 14.1. The molecule has 0 saturated carbocycles. The molecule has 1 aromatic rings. The molecule has 21 heavy (non-hydrogen) atoms. The van der Waals surface area contributed by atoms with Gasteiger partial charge in [-0.3, -0.25) is 9.69 Å². The lowest BCUT2D eigenvalue weighted by molar-refractivity contribution is -0.136. The van der Waals surface area contributed by atoms with Gasteiger partial charge in [0.05, 0.1) is 18.1 Å². The summed E-state index contributed by atoms with van der Waals surface area (Å²) in [5.74, 6) is 0.207. The molecule has 2 unspecified atom stereocenters. The van der Waals surface area contributed by atoms with Crippen LogP contribution >= 0.6 is 0 Å². The van der Waals surface area contributed by atoms with Crippen LogP contribution in [0.15, 0.2) is 24.3 Å². The van der Waals surface area contributed by atoms with Gasteiger partial charge in [-0.25, -0.2) is 0 Å². The molecule has 4 nitrogen and oxygen atoms in total. The number of hydrogen-bond donors (Lipinski definition) is 0. The Bertz CT molecular complexity index is 560. The Labute approximate surface area is 126 Å². The first-order chi connectivity index (χ1) is 10.2. The molecule has 2 aliphatic heterocycles. The van der Waals surface area contributed by atoms with E-state index in [2.05, 4.69) is 17.9 Å². The Balaban J connectivity index is 1.65. The van der Waals surface area contributed by atoms with E-state index in [0.29, 0.717) is 24.1 Å². The van der Waals surface area contributed by atoms with Crippen molar-refractivity contribution < 1.29 is 4.79 Å². The lowest BCUT2D eigenvalue weighted by atomic mass is 10.0. The van der Waals surface area contributed by atoms with Crippen LogP contribution in [0.1, 0.15) is 30.9 Å². The number of nitrogens with zero attached hydrogens (tertiary/aromatic N) is 3. The second-order valence-electron chi connectivity index (χ2n) is 6.17. The van der Waals surface area contributed by atoms with E-state index in [-0.39, 0.29) is 5.91 Å². The molecule has 2 saturated heterocycles. The van der Waals surface area contributed by atoms with Gasteiger partial charge in [-0.2, -0.15) is 5.26 Å². The minimum Gasteiger partial charge on any atom is -0.337 e. The van der Waals surface area contributed by atoms with Gasteiger partial charge in [0.25, 0.3) is 0 Å². The molecule has 1 aromatic carbocycles. The molecule has 0 radical (unpaired) electrons. The SMILES string of the molecule is CC1CN2CCCC2CN1C(=O)Cc1ccc(C#N)cc1. The zero-order chi connectivity index (χ0) is 14.8. The van der Waals surface area contributed by atoms with Crippen molar-refractivity contribution in [1.29, 1.82) is 5.26 Å². The van der Waals surface area contributed by atoms with E-state index < -0.39 is 0 Å². The van der Waals surface area contributed by atoms with Gasteiger partial charge in [-0.15, -0.1) is 0 Å². The van der Waals surface area contributed by atoms with E-state index in [0.717, 1.165) is 18.7 Å². The summed E-state index contributed by atoms with van der Waals surface area (Å²) >= 11 is 0. The highest BCUT2D eigenvalue weighted by Gasteiger charge is 2.36. The zero-order valence-electron chi connectivity index (χ0n) is 12.5. The maximum atomic E-state index is 12.6. The second-order valence-corrected chi connectivity index (χ2v) is 6.17. The molecule has 110 valence electrons. The summed E-state index contributed by atoms with van der Waals surface area (Å²) in [5, 5.41) is 8.81. The van der Waals surface area contributed by atoms with E-state index in [9.17, 15) is 4.79 Å². The average molecular weight is 283 g/mol. The van der Waals surface area contributed by atoms with Gasteiger partial charge in [0.1, 0.15) is 0 Å². The summed E-state index contributed by atoms with van der Waals surface area (Å²) in [5.41, 5.74) is 1.62. The van der Waals surface area contributed by atoms with Crippen molar-refractivity contribution in [3.8, 4) is 6.07 Å². The molecule has 2 atom stereocenters. The van der Waals surface area contributed by atoms with Gasteiger partial charge in [0.15, 0.2) is 0 Å². The van der Waals surface area contributed by atoms with Crippen LogP contribution in [-0.2, 0) is 11.2 Å². The number of carbonyl (C=O) groups is 1. The third-order valence-electron chi connectivity index (χ3n) is 4.70. The molecule has 1 amide bonds. The molecular weight excluding hydrogens is 262 g/mol. The van der Waals surface area contributed by atoms with Gasteiger partial charge in [-0.05, 0) is 44.0 Å². The van der Waals surface area contributed by atoms with Crippen LogP contribution in [0.5, 0.6) is 0 Å². The summed E-state index contributed by atoms with van der Waals surface area (Å²) in [6.45, 7) is 5.21. The first-order valence-electron chi connectivity index (χ1n) is 7.70. The van der Waals surface area contributed by atoms with E-state index in [1.165, 1.54) is 19.4 Å². The van der Waals surface area contributed by atoms with Crippen molar-refractivity contribution in [2.75, 3.05) is 19.6 Å². The van der Waals surface area contributed by atoms with Crippen molar-refractivity contribution >= 4 is 5.91 Å². The van der Waals surface area contributed by atoms with Crippen molar-refractivity contribution in [2.45, 2.75) is 38.3 Å². The number of fused-ring (bicyclic) bond motifs is 1. The quantitative estimate of drug-likeness (QED) is 0.831. The van der Waals surface area contributed by atoms with Crippen LogP contribution < -0.4 is 0 Å². The minimum absolute atomic E-state index is 0.207. The average Bonchev–Trinajstić information content (AvgIpc) is 2.94. The van der Waals surface area contributed by atoms with Crippen molar-refractivity contribution in [3.63, 3.8) is 0 Å². The van der Waals surface area contributed by atoms with E-state index >= 15 is 0 Å². The van der Waals surface area contributed by atoms with Crippen LogP contribution in [0.3, 0.4) is 0 Å². The lowest BCUT2D eigenvalue weighted by Crippen LogP contribution is -2.57. The molecule has 0 N–H and O–H groups in total. The normalized spacial score (nSPS) is 25.4. The number of piperazine rings is 1. The fraction of sp³-hybridized carbons (Fsp3) is 0.529. The molecule has 2 heterocycles. The monoisotopic (exact) mass is 283 g/mol. The van der Waals surface area contributed by atoms with Crippen LogP contribution in [0.2, 0.25) is 0 Å². The van der Waals surface area contributed by atoms with Crippen molar-refractivity contribution in [3.05, 3.63) is 35.4 Å². The van der Waals surface area contributed by atoms with E-state index in [1.807, 2.05) is 17.0 Å². The highest BCUT2D eigenvalue weighted by atomic mass is 16.2. The summed E-state index contributed by atoms with van der Waals surface area (Å²) in [4.78, 5) is 17.1. The fourth-order valence-electron chi connectivity index (χ4n) is 3.51. The number of nitriles is 1. The summed E-state index contributed by atoms with van der Waals surface area (Å²) in [6, 6.07) is 10.3. The third kappa shape index (κ3) is 2.93. The number of benzene rings is 1. The minimum atomic E-state index is 0.207. The van der Waals surface area contributed by atoms with Crippen molar-refractivity contribution in [2.24, 2.45) is 0 Å². The maximum Gasteiger partial charge on any atom is 0.227 e. The Morgan fingerprint density at radius 3 is 2.81 bits per heavy atom. The molecule has 0 spiro atoms. The number of hydrogen-bond acceptors (Lipinski definition) is 3. The zero-order valence-corrected chi connectivity index (χ0v) is 12.5. The molecular formula is C17H21N3O. The number of rotatable bonds is 2. The molecule has 0 aliphatic carbocycles. The predicted molar refractivity (Wildman–Crippen MR) is 80.6 cm³/mol. The topological polar surface area (TPSA) is 47.3 Å². The molecule has 2 fully saturated rings. The lowest BCUT2D eigenvalue weighted by Gasteiger charge is -2.42. The standard InChI is InChI=1S/C17H21N3O/c1-13-11-19-8-2-3-16(19)12-20(13)17(21)9-14-4-6-15(10-18)7-5-14/h4-7,13,16H,2-3,8-9,11-12H2,1H3. The van der Waals surface area contributed by atoms with Crippen LogP contribution in [0.4, 0.5) is 0 Å². The molecule has 4 heteroatoms. The number of amides is 1. The largest absolute Gasteiger partial charge is 0.337 e. The fourth-order valence-corrected chi connectivity index (χ4v) is 3.51. The van der Waals surface area contributed by atoms with Gasteiger partial charge in [-0.1, -0.05) is 12.1 Å². The number of carbonyl (C=O) groups excluding carboxylic acids is 1. The van der Waals surface area contributed by atoms with Crippen LogP contribution in [-0.4, -0.2) is 47.4 Å². The highest BCUT2D eigenvalue weighted by molar-refractivity contribution is 5.79. The summed E-state index contributed by atoms with van der Waals surface area (Å²) < 4.78 is 0. The Morgan fingerprint density at radius 1 is 1.33 bits per heavy atom. The molecule has 0 aromatic heterocycles. The van der Waals surface area contributed by atoms with Gasteiger partial charge >= 0.3 is 0 Å². The van der Waals surface area contributed by atoms with Gasteiger partial charge in [0, 0.05) is 25.2 Å². The van der Waals surface area contributed by atoms with Crippen molar-refractivity contribution in [1.82, 2.24) is 9.80 Å². The smallest absolute Gasteiger partial charge is 0.227 e. The Kier molecular flexibility index (Phi) is 3.94.